The molecule has 0 bridgehead atoms. The van der Waals surface area contributed by atoms with E-state index in [1.807, 2.05) is 97.1 Å². The van der Waals surface area contributed by atoms with Gasteiger partial charge in [-0.2, -0.15) is 59.8 Å². The van der Waals surface area contributed by atoms with Crippen LogP contribution in [0.3, 0.4) is 0 Å². The molecule has 9 aromatic rings. The first-order chi connectivity index (χ1) is 30.8. The molecular formula is C44H38N20. The lowest BCUT2D eigenvalue weighted by Gasteiger charge is -2.26. The second kappa shape index (κ2) is 15.9. The molecule has 0 aliphatic carbocycles. The largest absolute Gasteiger partial charge is 0.368 e. The summed E-state index contributed by atoms with van der Waals surface area (Å²) in [6, 6.07) is 31.5. The van der Waals surface area contributed by atoms with E-state index >= 15 is 0 Å². The lowest BCUT2D eigenvalue weighted by atomic mass is 9.78. The van der Waals surface area contributed by atoms with Crippen LogP contribution in [-0.4, -0.2) is 59.8 Å². The molecule has 0 aliphatic rings. The molecule has 314 valence electrons. The van der Waals surface area contributed by atoms with Gasteiger partial charge in [0.1, 0.15) is 0 Å². The van der Waals surface area contributed by atoms with Gasteiger partial charge in [0.25, 0.3) is 0 Å². The fourth-order valence-corrected chi connectivity index (χ4v) is 7.74. The summed E-state index contributed by atoms with van der Waals surface area (Å²) in [7, 11) is 0. The van der Waals surface area contributed by atoms with E-state index in [1.165, 1.54) is 0 Å². The molecule has 64 heavy (non-hydrogen) atoms. The number of rotatable bonds is 8. The highest BCUT2D eigenvalue weighted by Gasteiger charge is 2.25. The van der Waals surface area contributed by atoms with E-state index in [-0.39, 0.29) is 47.6 Å². The van der Waals surface area contributed by atoms with E-state index in [0.29, 0.717) is 45.6 Å². The van der Waals surface area contributed by atoms with Crippen molar-refractivity contribution >= 4 is 47.6 Å². The molecule has 4 aromatic heterocycles. The zero-order valence-corrected chi connectivity index (χ0v) is 34.2. The van der Waals surface area contributed by atoms with Gasteiger partial charge in [0.05, 0.1) is 0 Å². The maximum atomic E-state index is 5.94. The number of nitrogens with two attached hydrogens (primary N) is 8. The van der Waals surface area contributed by atoms with Crippen LogP contribution in [-0.2, 0) is 0 Å². The van der Waals surface area contributed by atoms with Crippen molar-refractivity contribution < 1.29 is 0 Å². The lowest BCUT2D eigenvalue weighted by Crippen LogP contribution is -2.05. The molecule has 0 unspecified atom stereocenters. The summed E-state index contributed by atoms with van der Waals surface area (Å²) in [5, 5.41) is 0. The molecule has 20 nitrogen and oxygen atoms in total. The van der Waals surface area contributed by atoms with Gasteiger partial charge < -0.3 is 45.9 Å². The van der Waals surface area contributed by atoms with Gasteiger partial charge in [-0.25, -0.2) is 0 Å². The van der Waals surface area contributed by atoms with E-state index in [1.54, 1.807) is 0 Å². The molecule has 16 N–H and O–H groups in total. The Hall–Kier alpha value is -9.46. The Labute approximate surface area is 364 Å². The first-order valence-corrected chi connectivity index (χ1v) is 19.5. The highest BCUT2D eigenvalue weighted by atomic mass is 15.2. The zero-order chi connectivity index (χ0) is 44.8. The summed E-state index contributed by atoms with van der Waals surface area (Å²) in [4.78, 5) is 50.2. The lowest BCUT2D eigenvalue weighted by molar-refractivity contribution is 1.09. The molecule has 9 rings (SSSR count). The molecule has 0 saturated carbocycles. The van der Waals surface area contributed by atoms with E-state index < -0.39 is 0 Å². The summed E-state index contributed by atoms with van der Waals surface area (Å²) in [6.45, 7) is 4.21. The first kappa shape index (κ1) is 40.0. The first-order valence-electron chi connectivity index (χ1n) is 19.5. The summed E-state index contributed by atoms with van der Waals surface area (Å²) in [5.41, 5.74) is 59.8. The van der Waals surface area contributed by atoms with Gasteiger partial charge in [-0.3, -0.25) is 0 Å². The number of aromatic nitrogens is 12. The highest BCUT2D eigenvalue weighted by molar-refractivity contribution is 6.01. The van der Waals surface area contributed by atoms with Gasteiger partial charge in [0, 0.05) is 22.3 Å². The van der Waals surface area contributed by atoms with Crippen molar-refractivity contribution in [1.29, 1.82) is 0 Å². The Balaban J connectivity index is 1.28. The Morgan fingerprint density at radius 2 is 0.359 bits per heavy atom. The molecule has 5 aromatic carbocycles. The van der Waals surface area contributed by atoms with Gasteiger partial charge in [0.2, 0.25) is 47.6 Å². The molecular weight excluding hydrogens is 809 g/mol. The van der Waals surface area contributed by atoms with Crippen LogP contribution in [0.4, 0.5) is 47.6 Å². The fraction of sp³-hybridized carbons (Fsp3) is 0.0455. The predicted octanol–water partition coefficient (Wildman–Crippen LogP) is 5.04. The van der Waals surface area contributed by atoms with E-state index in [9.17, 15) is 0 Å². The molecule has 0 fully saturated rings. The topological polar surface area (TPSA) is 363 Å². The molecule has 0 radical (unpaired) electrons. The SMILES string of the molecule is Cc1c(-c2ccc(-c3nc(N)nc(N)n3)cc2)c(-c2ccc(-c3nc(N)nc(N)n3)cc2)c(C)c(-c2ccc(-c3nc(N)nc(N)n3)cc2)c1-c1ccc(-c2nc(N)nc(N)n2)cc1. The van der Waals surface area contributed by atoms with Crippen LogP contribution in [0.15, 0.2) is 97.1 Å². The van der Waals surface area contributed by atoms with Crippen molar-refractivity contribution in [3.63, 3.8) is 0 Å². The van der Waals surface area contributed by atoms with Crippen molar-refractivity contribution in [2.75, 3.05) is 45.9 Å². The third-order valence-electron chi connectivity index (χ3n) is 10.4. The summed E-state index contributed by atoms with van der Waals surface area (Å²) < 4.78 is 0. The Kier molecular flexibility index (Phi) is 9.90. The maximum absolute atomic E-state index is 5.94. The van der Waals surface area contributed by atoms with Crippen molar-refractivity contribution in [2.24, 2.45) is 0 Å². The minimum Gasteiger partial charge on any atom is -0.368 e. The van der Waals surface area contributed by atoms with Crippen molar-refractivity contribution in [3.05, 3.63) is 108 Å². The molecule has 20 heteroatoms. The highest BCUT2D eigenvalue weighted by Crippen LogP contribution is 2.49. The molecule has 0 saturated heterocycles. The molecule has 4 heterocycles. The third-order valence-corrected chi connectivity index (χ3v) is 10.4. The number of anilines is 8. The zero-order valence-electron chi connectivity index (χ0n) is 34.2. The minimum atomic E-state index is 0.0228. The average molecular weight is 847 g/mol. The number of nitrogens with zero attached hydrogens (tertiary/aromatic N) is 12. The third kappa shape index (κ3) is 7.71. The van der Waals surface area contributed by atoms with Crippen molar-refractivity contribution in [3.8, 4) is 90.1 Å². The van der Waals surface area contributed by atoms with Gasteiger partial charge >= 0.3 is 0 Å². The van der Waals surface area contributed by atoms with Crippen LogP contribution in [0.1, 0.15) is 11.1 Å². The van der Waals surface area contributed by atoms with Gasteiger partial charge in [-0.1, -0.05) is 97.1 Å². The predicted molar refractivity (Wildman–Crippen MR) is 248 cm³/mol. The number of hydrogen-bond acceptors (Lipinski definition) is 20. The van der Waals surface area contributed by atoms with Crippen molar-refractivity contribution in [2.45, 2.75) is 13.8 Å². The van der Waals surface area contributed by atoms with Crippen LogP contribution in [0.5, 0.6) is 0 Å². The van der Waals surface area contributed by atoms with E-state index in [4.69, 9.17) is 45.9 Å². The number of benzene rings is 5. The van der Waals surface area contributed by atoms with Gasteiger partial charge in [-0.15, -0.1) is 0 Å². The van der Waals surface area contributed by atoms with Crippen LogP contribution in [0.2, 0.25) is 0 Å². The number of hydrogen-bond donors (Lipinski definition) is 8. The van der Waals surface area contributed by atoms with Crippen LogP contribution in [0, 0.1) is 13.8 Å². The van der Waals surface area contributed by atoms with Crippen LogP contribution in [0.25, 0.3) is 90.1 Å². The molecule has 0 spiro atoms. The fourth-order valence-electron chi connectivity index (χ4n) is 7.74. The van der Waals surface area contributed by atoms with E-state index in [0.717, 1.165) is 55.6 Å². The van der Waals surface area contributed by atoms with Gasteiger partial charge in [-0.05, 0) is 69.5 Å². The average Bonchev–Trinajstić information content (AvgIpc) is 3.26. The second-order valence-electron chi connectivity index (χ2n) is 14.6. The Bertz CT molecular complexity index is 2730. The summed E-state index contributed by atoms with van der Waals surface area (Å²) in [6.07, 6.45) is 0. The van der Waals surface area contributed by atoms with Gasteiger partial charge in [0.15, 0.2) is 23.3 Å². The Morgan fingerprint density at radius 3 is 0.516 bits per heavy atom. The summed E-state index contributed by atoms with van der Waals surface area (Å²) >= 11 is 0. The molecule has 0 amide bonds. The molecule has 0 atom stereocenters. The maximum Gasteiger partial charge on any atom is 0.225 e. The van der Waals surface area contributed by atoms with Crippen LogP contribution >= 0.6 is 0 Å². The van der Waals surface area contributed by atoms with E-state index in [2.05, 4.69) is 73.7 Å². The van der Waals surface area contributed by atoms with Crippen LogP contribution < -0.4 is 45.9 Å². The standard InChI is InChI=1S/C44H38N20/c1-19-29(21-3-11-25(12-4-21)33-53-37(45)61-38(46)54-33)31(23-7-15-27(16-8-23)35-57-41(49)63-42(50)58-35)20(2)32(24-9-17-28(18-10-24)36-59-43(51)64-44(52)60-36)30(19)22-5-13-26(14-6-22)34-55-39(47)62-40(48)56-34/h3-18H,1-2H3,(H4,45,46,53,54,61)(H4,47,48,55,56,62)(H4,49,50,57,58,63)(H4,51,52,59,60,64). The smallest absolute Gasteiger partial charge is 0.225 e. The number of nitrogen functional groups attached to an aromatic ring is 8. The van der Waals surface area contributed by atoms with Crippen molar-refractivity contribution in [1.82, 2.24) is 59.8 Å². The normalized spacial score (nSPS) is 11.2. The second-order valence-corrected chi connectivity index (χ2v) is 14.6. The summed E-state index contributed by atoms with van der Waals surface area (Å²) in [5.74, 6) is 1.58. The Morgan fingerprint density at radius 1 is 0.219 bits per heavy atom. The monoisotopic (exact) mass is 846 g/mol. The molecule has 0 aliphatic heterocycles. The minimum absolute atomic E-state index is 0.0228. The quantitative estimate of drug-likeness (QED) is 0.0992.